The highest BCUT2D eigenvalue weighted by atomic mass is 19.1. The highest BCUT2D eigenvalue weighted by Crippen LogP contribution is 2.27. The predicted octanol–water partition coefficient (Wildman–Crippen LogP) is 3.21. The lowest BCUT2D eigenvalue weighted by atomic mass is 10.2. The molecule has 2 rings (SSSR count). The molecule has 88 valence electrons. The van der Waals surface area contributed by atoms with Crippen molar-refractivity contribution in [1.29, 1.82) is 0 Å². The van der Waals surface area contributed by atoms with E-state index in [0.29, 0.717) is 11.6 Å². The molecule has 17 heavy (non-hydrogen) atoms. The summed E-state index contributed by atoms with van der Waals surface area (Å²) in [5.41, 5.74) is 7.78. The van der Waals surface area contributed by atoms with Crippen molar-refractivity contribution in [3.05, 3.63) is 47.4 Å². The molecule has 0 unspecified atom stereocenters. The highest BCUT2D eigenvalue weighted by Gasteiger charge is 2.08. The Balaban J connectivity index is 2.33. The fourth-order valence-electron chi connectivity index (χ4n) is 1.43. The molecule has 0 spiro atoms. The monoisotopic (exact) mass is 232 g/mol. The number of aryl methyl sites for hydroxylation is 2. The largest absolute Gasteiger partial charge is 0.436 e. The quantitative estimate of drug-likeness (QED) is 0.809. The lowest BCUT2D eigenvalue weighted by Gasteiger charge is -2.08. The van der Waals surface area contributed by atoms with E-state index in [1.54, 1.807) is 25.3 Å². The Hall–Kier alpha value is -2.10. The number of nitrogen functional groups attached to an aromatic ring is 1. The van der Waals surface area contributed by atoms with Gasteiger partial charge in [0.25, 0.3) is 0 Å². The number of benzene rings is 1. The fraction of sp³-hybridized carbons (Fsp3) is 0.154. The number of aromatic nitrogens is 1. The summed E-state index contributed by atoms with van der Waals surface area (Å²) in [6.45, 7) is 3.71. The van der Waals surface area contributed by atoms with Gasteiger partial charge in [0.2, 0.25) is 5.88 Å². The van der Waals surface area contributed by atoms with Crippen LogP contribution in [-0.2, 0) is 0 Å². The Morgan fingerprint density at radius 3 is 2.71 bits per heavy atom. The minimum atomic E-state index is -0.489. The first-order valence-electron chi connectivity index (χ1n) is 5.22. The van der Waals surface area contributed by atoms with Crippen molar-refractivity contribution in [1.82, 2.24) is 4.98 Å². The van der Waals surface area contributed by atoms with Crippen LogP contribution in [0, 0.1) is 19.7 Å². The number of pyridine rings is 1. The zero-order chi connectivity index (χ0) is 12.4. The van der Waals surface area contributed by atoms with Gasteiger partial charge < -0.3 is 10.5 Å². The molecule has 0 radical (unpaired) electrons. The van der Waals surface area contributed by atoms with Crippen molar-refractivity contribution >= 4 is 5.69 Å². The molecule has 0 bridgehead atoms. The molecule has 1 aromatic carbocycles. The van der Waals surface area contributed by atoms with Crippen LogP contribution in [0.25, 0.3) is 0 Å². The third kappa shape index (κ3) is 2.53. The van der Waals surface area contributed by atoms with Crippen LogP contribution in [0.5, 0.6) is 11.6 Å². The first-order chi connectivity index (χ1) is 8.06. The molecule has 0 aliphatic carbocycles. The third-order valence-corrected chi connectivity index (χ3v) is 2.43. The fourth-order valence-corrected chi connectivity index (χ4v) is 1.43. The van der Waals surface area contributed by atoms with Crippen molar-refractivity contribution in [3.63, 3.8) is 0 Å². The average molecular weight is 232 g/mol. The van der Waals surface area contributed by atoms with Gasteiger partial charge in [-0.05, 0) is 37.1 Å². The van der Waals surface area contributed by atoms with Gasteiger partial charge in [0.05, 0.1) is 0 Å². The van der Waals surface area contributed by atoms with Gasteiger partial charge in [-0.2, -0.15) is 0 Å². The maximum absolute atomic E-state index is 13.6. The summed E-state index contributed by atoms with van der Waals surface area (Å²) in [5.74, 6) is 0.0132. The number of nitrogens with two attached hydrogens (primary N) is 1. The molecule has 0 amide bonds. The van der Waals surface area contributed by atoms with Gasteiger partial charge in [-0.1, -0.05) is 0 Å². The van der Waals surface area contributed by atoms with E-state index in [9.17, 15) is 4.39 Å². The molecule has 2 N–H and O–H groups in total. The summed E-state index contributed by atoms with van der Waals surface area (Å²) in [6, 6.07) is 6.40. The Morgan fingerprint density at radius 1 is 1.24 bits per heavy atom. The Labute approximate surface area is 99.1 Å². The van der Waals surface area contributed by atoms with Gasteiger partial charge >= 0.3 is 0 Å². The molecule has 4 heteroatoms. The van der Waals surface area contributed by atoms with E-state index in [-0.39, 0.29) is 5.75 Å². The smallest absolute Gasteiger partial charge is 0.219 e. The van der Waals surface area contributed by atoms with Crippen molar-refractivity contribution in [2.45, 2.75) is 13.8 Å². The van der Waals surface area contributed by atoms with Crippen LogP contribution in [0.3, 0.4) is 0 Å². The molecule has 2 aromatic rings. The SMILES string of the molecule is Cc1ccnc(Oc2cc(C)c(N)cc2F)c1. The molecule has 0 aliphatic rings. The van der Waals surface area contributed by atoms with Crippen LogP contribution in [0.15, 0.2) is 30.5 Å². The van der Waals surface area contributed by atoms with E-state index < -0.39 is 5.82 Å². The normalized spacial score (nSPS) is 10.3. The number of hydrogen-bond donors (Lipinski definition) is 1. The highest BCUT2D eigenvalue weighted by molar-refractivity contribution is 5.51. The van der Waals surface area contributed by atoms with Gasteiger partial charge in [0.1, 0.15) is 0 Å². The maximum atomic E-state index is 13.6. The molecule has 1 aromatic heterocycles. The lowest BCUT2D eigenvalue weighted by molar-refractivity contribution is 0.427. The van der Waals surface area contributed by atoms with E-state index in [1.807, 2.05) is 13.0 Å². The zero-order valence-electron chi connectivity index (χ0n) is 9.70. The van der Waals surface area contributed by atoms with Crippen LogP contribution in [0.2, 0.25) is 0 Å². The van der Waals surface area contributed by atoms with Gasteiger partial charge in [0.15, 0.2) is 11.6 Å². The van der Waals surface area contributed by atoms with Gasteiger partial charge in [0, 0.05) is 24.0 Å². The Bertz CT molecular complexity index is 555. The number of ether oxygens (including phenoxy) is 1. The van der Waals surface area contributed by atoms with E-state index in [1.165, 1.54) is 6.07 Å². The summed E-state index contributed by atoms with van der Waals surface area (Å²) < 4.78 is 19.0. The summed E-state index contributed by atoms with van der Waals surface area (Å²) >= 11 is 0. The number of rotatable bonds is 2. The molecular weight excluding hydrogens is 219 g/mol. The molecule has 0 atom stereocenters. The van der Waals surface area contributed by atoms with Crippen molar-refractivity contribution in [3.8, 4) is 11.6 Å². The third-order valence-electron chi connectivity index (χ3n) is 2.43. The van der Waals surface area contributed by atoms with Crippen molar-refractivity contribution in [2.75, 3.05) is 5.73 Å². The summed E-state index contributed by atoms with van der Waals surface area (Å²) in [4.78, 5) is 4.01. The molecule has 3 nitrogen and oxygen atoms in total. The number of anilines is 1. The van der Waals surface area contributed by atoms with Crippen molar-refractivity contribution in [2.24, 2.45) is 0 Å². The molecule has 1 heterocycles. The minimum Gasteiger partial charge on any atom is -0.436 e. The van der Waals surface area contributed by atoms with Gasteiger partial charge in [-0.15, -0.1) is 0 Å². The first-order valence-corrected chi connectivity index (χ1v) is 5.22. The van der Waals surface area contributed by atoms with E-state index >= 15 is 0 Å². The standard InChI is InChI=1S/C13H13FN2O/c1-8-3-4-16-13(5-8)17-12-6-9(2)11(15)7-10(12)14/h3-7H,15H2,1-2H3. The van der Waals surface area contributed by atoms with E-state index in [0.717, 1.165) is 11.1 Å². The van der Waals surface area contributed by atoms with Gasteiger partial charge in [-0.25, -0.2) is 9.37 Å². The average Bonchev–Trinajstić information content (AvgIpc) is 2.26. The maximum Gasteiger partial charge on any atom is 0.219 e. The topological polar surface area (TPSA) is 48.1 Å². The second-order valence-corrected chi connectivity index (χ2v) is 3.91. The second kappa shape index (κ2) is 4.41. The summed E-state index contributed by atoms with van der Waals surface area (Å²) in [6.07, 6.45) is 1.62. The number of halogens is 1. The van der Waals surface area contributed by atoms with Crippen LogP contribution in [-0.4, -0.2) is 4.98 Å². The molecular formula is C13H13FN2O. The summed E-state index contributed by atoms with van der Waals surface area (Å²) in [5, 5.41) is 0. The Kier molecular flexibility index (Phi) is 2.95. The molecule has 0 saturated carbocycles. The zero-order valence-corrected chi connectivity index (χ0v) is 9.70. The van der Waals surface area contributed by atoms with Gasteiger partial charge in [-0.3, -0.25) is 0 Å². The van der Waals surface area contributed by atoms with E-state index in [4.69, 9.17) is 10.5 Å². The lowest BCUT2D eigenvalue weighted by Crippen LogP contribution is -1.96. The second-order valence-electron chi connectivity index (χ2n) is 3.91. The molecule has 0 aliphatic heterocycles. The van der Waals surface area contributed by atoms with E-state index in [2.05, 4.69) is 4.98 Å². The molecule has 0 saturated heterocycles. The van der Waals surface area contributed by atoms with Crippen molar-refractivity contribution < 1.29 is 9.13 Å². The van der Waals surface area contributed by atoms with Crippen LogP contribution in [0.4, 0.5) is 10.1 Å². The number of nitrogens with zero attached hydrogens (tertiary/aromatic N) is 1. The predicted molar refractivity (Wildman–Crippen MR) is 64.6 cm³/mol. The molecule has 0 fully saturated rings. The number of hydrogen-bond acceptors (Lipinski definition) is 3. The Morgan fingerprint density at radius 2 is 2.00 bits per heavy atom. The first kappa shape index (κ1) is 11.4. The van der Waals surface area contributed by atoms with Crippen LogP contribution in [0.1, 0.15) is 11.1 Å². The summed E-state index contributed by atoms with van der Waals surface area (Å²) in [7, 11) is 0. The minimum absolute atomic E-state index is 0.134. The van der Waals surface area contributed by atoms with Crippen LogP contribution >= 0.6 is 0 Å². The van der Waals surface area contributed by atoms with Crippen LogP contribution < -0.4 is 10.5 Å².